The van der Waals surface area contributed by atoms with Crippen molar-refractivity contribution < 1.29 is 27.4 Å². The summed E-state index contributed by atoms with van der Waals surface area (Å²) in [5.74, 6) is -2.61. The molecule has 4 rings (SSSR count). The minimum absolute atomic E-state index is 0.0971. The molecule has 0 fully saturated rings. The molecule has 0 spiro atoms. The molecule has 0 aliphatic carbocycles. The third-order valence-corrected chi connectivity index (χ3v) is 5.58. The number of anilines is 1. The van der Waals surface area contributed by atoms with Crippen molar-refractivity contribution in [2.45, 2.75) is 12.6 Å². The van der Waals surface area contributed by atoms with Gasteiger partial charge in [-0.25, -0.2) is 22.9 Å². The number of aromatic nitrogens is 1. The molecule has 2 aromatic carbocycles. The van der Waals surface area contributed by atoms with Gasteiger partial charge >= 0.3 is 6.03 Å². The van der Waals surface area contributed by atoms with Gasteiger partial charge in [0.25, 0.3) is 0 Å². The molecule has 2 amide bonds. The molecule has 11 heteroatoms. The maximum Gasteiger partial charge on any atom is 0.322 e. The first-order valence-electron chi connectivity index (χ1n) is 10.0. The molecule has 174 valence electrons. The summed E-state index contributed by atoms with van der Waals surface area (Å²) in [5.41, 5.74) is 6.74. The molecule has 3 aromatic rings. The number of hydrogen-bond donors (Lipinski definition) is 2. The minimum atomic E-state index is -1.05. The van der Waals surface area contributed by atoms with E-state index in [4.69, 9.17) is 26.8 Å². The first-order valence-corrected chi connectivity index (χ1v) is 10.4. The Morgan fingerprint density at radius 3 is 2.67 bits per heavy atom. The van der Waals surface area contributed by atoms with Crippen LogP contribution in [-0.4, -0.2) is 42.7 Å². The van der Waals surface area contributed by atoms with Crippen LogP contribution in [0.4, 0.5) is 23.7 Å². The molecule has 0 saturated heterocycles. The first kappa shape index (κ1) is 23.1. The second-order valence-electron chi connectivity index (χ2n) is 7.43. The molecule has 0 unspecified atom stereocenters. The van der Waals surface area contributed by atoms with Gasteiger partial charge in [0.15, 0.2) is 11.6 Å². The second kappa shape index (κ2) is 9.42. The zero-order chi connectivity index (χ0) is 23.7. The molecule has 0 saturated carbocycles. The fraction of sp³-hybridized carbons (Fsp3) is 0.273. The Labute approximate surface area is 192 Å². The molecular weight excluding hydrogens is 461 g/mol. The molecule has 2 heterocycles. The number of ether oxygens (including phenoxy) is 2. The van der Waals surface area contributed by atoms with Crippen LogP contribution in [-0.2, 0) is 11.3 Å². The average molecular weight is 481 g/mol. The quantitative estimate of drug-likeness (QED) is 0.565. The SMILES string of the molecule is CN(C(=O)Nc1ccc(F)c(Cl)c1)[C@H]1COCc2nc(OCCN)c3cc(F)c(F)cc3c21. The summed E-state index contributed by atoms with van der Waals surface area (Å²) in [6, 6.07) is 4.64. The molecule has 1 aliphatic heterocycles. The van der Waals surface area contributed by atoms with Crippen LogP contribution in [0.2, 0.25) is 5.02 Å². The van der Waals surface area contributed by atoms with Gasteiger partial charge in [-0.3, -0.25) is 0 Å². The fourth-order valence-electron chi connectivity index (χ4n) is 3.68. The Hall–Kier alpha value is -3.08. The van der Waals surface area contributed by atoms with Gasteiger partial charge in [0.05, 0.1) is 30.0 Å². The number of likely N-dealkylation sites (N-methyl/N-ethyl adjacent to an activating group) is 1. The lowest BCUT2D eigenvalue weighted by Crippen LogP contribution is -2.39. The Bertz CT molecular complexity index is 1230. The van der Waals surface area contributed by atoms with Gasteiger partial charge < -0.3 is 25.4 Å². The highest BCUT2D eigenvalue weighted by molar-refractivity contribution is 6.31. The summed E-state index contributed by atoms with van der Waals surface area (Å²) in [7, 11) is 1.52. The Kier molecular flexibility index (Phi) is 6.59. The Morgan fingerprint density at radius 1 is 1.24 bits per heavy atom. The number of hydrogen-bond acceptors (Lipinski definition) is 5. The number of carbonyl (C=O) groups is 1. The normalized spacial score (nSPS) is 15.3. The predicted molar refractivity (Wildman–Crippen MR) is 117 cm³/mol. The molecule has 1 atom stereocenters. The van der Waals surface area contributed by atoms with Crippen molar-refractivity contribution >= 4 is 34.1 Å². The van der Waals surface area contributed by atoms with Gasteiger partial charge in [-0.1, -0.05) is 11.6 Å². The number of halogens is 4. The third kappa shape index (κ3) is 4.54. The van der Waals surface area contributed by atoms with Crippen LogP contribution in [0.3, 0.4) is 0 Å². The number of amides is 2. The van der Waals surface area contributed by atoms with Crippen LogP contribution in [0.25, 0.3) is 10.8 Å². The van der Waals surface area contributed by atoms with Crippen molar-refractivity contribution in [3.8, 4) is 5.88 Å². The van der Waals surface area contributed by atoms with Gasteiger partial charge in [-0.05, 0) is 35.7 Å². The maximum atomic E-state index is 14.2. The smallest absolute Gasteiger partial charge is 0.322 e. The van der Waals surface area contributed by atoms with Crippen LogP contribution in [0.5, 0.6) is 5.88 Å². The number of carbonyl (C=O) groups excluding carboxylic acids is 1. The highest BCUT2D eigenvalue weighted by atomic mass is 35.5. The van der Waals surface area contributed by atoms with E-state index in [0.29, 0.717) is 16.6 Å². The summed E-state index contributed by atoms with van der Waals surface area (Å²) in [4.78, 5) is 18.7. The van der Waals surface area contributed by atoms with Crippen LogP contribution >= 0.6 is 11.6 Å². The minimum Gasteiger partial charge on any atom is -0.476 e. The number of pyridine rings is 1. The number of fused-ring (bicyclic) bond motifs is 3. The number of benzene rings is 2. The van der Waals surface area contributed by atoms with Gasteiger partial charge in [-0.2, -0.15) is 0 Å². The van der Waals surface area contributed by atoms with E-state index >= 15 is 0 Å². The lowest BCUT2D eigenvalue weighted by atomic mass is 9.95. The predicted octanol–water partition coefficient (Wildman–Crippen LogP) is 4.38. The standard InChI is InChI=1S/C22H20ClF3N4O3/c1-30(22(31)28-11-2-3-15(24)14(23)6-11)19-10-32-9-18-20(19)12-7-16(25)17(26)8-13(12)21(29-18)33-5-4-27/h2-3,6-8,19H,4-5,9-10,27H2,1H3,(H,28,31)/t19-/m0/s1. The van der Waals surface area contributed by atoms with E-state index in [0.717, 1.165) is 18.2 Å². The molecule has 0 radical (unpaired) electrons. The van der Waals surface area contributed by atoms with E-state index in [-0.39, 0.29) is 48.3 Å². The van der Waals surface area contributed by atoms with Crippen molar-refractivity contribution in [2.24, 2.45) is 5.73 Å². The van der Waals surface area contributed by atoms with Crippen LogP contribution in [0, 0.1) is 17.5 Å². The summed E-state index contributed by atoms with van der Waals surface area (Å²) in [5, 5.41) is 3.10. The van der Waals surface area contributed by atoms with Crippen molar-refractivity contribution in [1.29, 1.82) is 0 Å². The summed E-state index contributed by atoms with van der Waals surface area (Å²) in [6.45, 7) is 0.536. The van der Waals surface area contributed by atoms with Crippen LogP contribution in [0.15, 0.2) is 30.3 Å². The summed E-state index contributed by atoms with van der Waals surface area (Å²) >= 11 is 5.78. The van der Waals surface area contributed by atoms with Crippen LogP contribution < -0.4 is 15.8 Å². The molecule has 3 N–H and O–H groups in total. The molecular formula is C22H20ClF3N4O3. The van der Waals surface area contributed by atoms with E-state index in [2.05, 4.69) is 10.3 Å². The average Bonchev–Trinajstić information content (AvgIpc) is 2.80. The van der Waals surface area contributed by atoms with Crippen LogP contribution in [0.1, 0.15) is 17.3 Å². The van der Waals surface area contributed by atoms with Gasteiger partial charge in [0.1, 0.15) is 12.4 Å². The Morgan fingerprint density at radius 2 is 1.97 bits per heavy atom. The highest BCUT2D eigenvalue weighted by Gasteiger charge is 2.32. The lowest BCUT2D eigenvalue weighted by molar-refractivity contribution is 0.0524. The van der Waals surface area contributed by atoms with E-state index in [1.165, 1.54) is 24.1 Å². The number of rotatable bonds is 5. The zero-order valence-electron chi connectivity index (χ0n) is 17.5. The lowest BCUT2D eigenvalue weighted by Gasteiger charge is -2.34. The summed E-state index contributed by atoms with van der Waals surface area (Å²) < 4.78 is 52.9. The largest absolute Gasteiger partial charge is 0.476 e. The van der Waals surface area contributed by atoms with E-state index in [1.807, 2.05) is 0 Å². The topological polar surface area (TPSA) is 89.7 Å². The highest BCUT2D eigenvalue weighted by Crippen LogP contribution is 2.38. The van der Waals surface area contributed by atoms with E-state index in [9.17, 15) is 18.0 Å². The Balaban J connectivity index is 1.74. The van der Waals surface area contributed by atoms with Crippen molar-refractivity contribution in [1.82, 2.24) is 9.88 Å². The number of nitrogens with one attached hydrogen (secondary N) is 1. The monoisotopic (exact) mass is 480 g/mol. The number of nitrogens with zero attached hydrogens (tertiary/aromatic N) is 2. The first-order chi connectivity index (χ1) is 15.8. The molecule has 1 aromatic heterocycles. The van der Waals surface area contributed by atoms with E-state index < -0.39 is 29.5 Å². The molecule has 7 nitrogen and oxygen atoms in total. The van der Waals surface area contributed by atoms with Gasteiger partial charge in [-0.15, -0.1) is 0 Å². The van der Waals surface area contributed by atoms with Crippen molar-refractivity contribution in [3.05, 3.63) is 64.1 Å². The zero-order valence-corrected chi connectivity index (χ0v) is 18.3. The van der Waals surface area contributed by atoms with Gasteiger partial charge in [0.2, 0.25) is 5.88 Å². The number of urea groups is 1. The van der Waals surface area contributed by atoms with Crippen molar-refractivity contribution in [2.75, 3.05) is 32.1 Å². The molecule has 1 aliphatic rings. The molecule has 0 bridgehead atoms. The van der Waals surface area contributed by atoms with Gasteiger partial charge in [0, 0.05) is 30.2 Å². The maximum absolute atomic E-state index is 14.2. The molecule has 33 heavy (non-hydrogen) atoms. The third-order valence-electron chi connectivity index (χ3n) is 5.29. The van der Waals surface area contributed by atoms with E-state index in [1.54, 1.807) is 0 Å². The summed E-state index contributed by atoms with van der Waals surface area (Å²) in [6.07, 6.45) is 0. The van der Waals surface area contributed by atoms with Crippen molar-refractivity contribution in [3.63, 3.8) is 0 Å². The second-order valence-corrected chi connectivity index (χ2v) is 7.83. The fourth-order valence-corrected chi connectivity index (χ4v) is 3.86. The number of nitrogens with two attached hydrogens (primary N) is 1.